The summed E-state index contributed by atoms with van der Waals surface area (Å²) in [6.45, 7) is 2.70. The Morgan fingerprint density at radius 3 is 2.76 bits per heavy atom. The van der Waals surface area contributed by atoms with E-state index < -0.39 is 0 Å². The van der Waals surface area contributed by atoms with Crippen molar-refractivity contribution in [2.24, 2.45) is 0 Å². The van der Waals surface area contributed by atoms with Crippen LogP contribution in [0, 0.1) is 6.92 Å². The minimum atomic E-state index is 0.0343. The fourth-order valence-corrected chi connectivity index (χ4v) is 1.80. The number of aromatic nitrogens is 1. The van der Waals surface area contributed by atoms with Gasteiger partial charge in [0.05, 0.1) is 5.56 Å². The van der Waals surface area contributed by atoms with Crippen LogP contribution in [0.4, 0.5) is 0 Å². The highest BCUT2D eigenvalue weighted by Gasteiger charge is 2.11. The van der Waals surface area contributed by atoms with E-state index in [1.165, 1.54) is 0 Å². The molecule has 0 aromatic carbocycles. The van der Waals surface area contributed by atoms with E-state index in [9.17, 15) is 4.79 Å². The summed E-state index contributed by atoms with van der Waals surface area (Å²) in [4.78, 5) is 17.8. The van der Waals surface area contributed by atoms with Gasteiger partial charge in [0.2, 0.25) is 0 Å². The van der Waals surface area contributed by atoms with Crippen molar-refractivity contribution in [2.75, 3.05) is 19.5 Å². The van der Waals surface area contributed by atoms with E-state index in [-0.39, 0.29) is 5.91 Å². The monoisotopic (exact) mass is 254 g/mol. The molecule has 0 N–H and O–H groups in total. The van der Waals surface area contributed by atoms with Crippen LogP contribution >= 0.6 is 11.6 Å². The standard InChI is InChI=1S/C13H19ClN2O/c1-11-8-12(10-15-9-11)13(17)16(2)7-5-3-4-6-14/h8-10H,3-7H2,1-2H3. The summed E-state index contributed by atoms with van der Waals surface area (Å²) in [6.07, 6.45) is 6.43. The second kappa shape index (κ2) is 7.28. The number of carbonyl (C=O) groups excluding carboxylic acids is 1. The van der Waals surface area contributed by atoms with Crippen molar-refractivity contribution < 1.29 is 4.79 Å². The number of amides is 1. The third-order valence-electron chi connectivity index (χ3n) is 2.60. The Bertz CT molecular complexity index is 368. The van der Waals surface area contributed by atoms with E-state index in [1.807, 2.05) is 20.0 Å². The van der Waals surface area contributed by atoms with Crippen LogP contribution in [-0.4, -0.2) is 35.3 Å². The molecule has 4 heteroatoms. The molecule has 0 saturated carbocycles. The maximum atomic E-state index is 12.0. The van der Waals surface area contributed by atoms with Gasteiger partial charge in [-0.3, -0.25) is 9.78 Å². The molecule has 0 unspecified atom stereocenters. The first-order valence-corrected chi connectivity index (χ1v) is 6.41. The molecule has 0 fully saturated rings. The minimum absolute atomic E-state index is 0.0343. The highest BCUT2D eigenvalue weighted by Crippen LogP contribution is 2.06. The van der Waals surface area contributed by atoms with Crippen LogP contribution in [0.1, 0.15) is 35.2 Å². The van der Waals surface area contributed by atoms with Gasteiger partial charge in [-0.25, -0.2) is 0 Å². The van der Waals surface area contributed by atoms with Crippen molar-refractivity contribution in [1.29, 1.82) is 0 Å². The van der Waals surface area contributed by atoms with E-state index in [0.717, 1.165) is 31.4 Å². The van der Waals surface area contributed by atoms with Gasteiger partial charge in [-0.05, 0) is 31.4 Å². The molecule has 94 valence electrons. The average Bonchev–Trinajstić information content (AvgIpc) is 2.33. The first kappa shape index (κ1) is 14.0. The summed E-state index contributed by atoms with van der Waals surface area (Å²) in [5, 5.41) is 0. The van der Waals surface area contributed by atoms with Crippen LogP contribution in [0.2, 0.25) is 0 Å². The van der Waals surface area contributed by atoms with Crippen molar-refractivity contribution in [2.45, 2.75) is 26.2 Å². The molecule has 1 heterocycles. The highest BCUT2D eigenvalue weighted by molar-refractivity contribution is 6.17. The summed E-state index contributed by atoms with van der Waals surface area (Å²) in [7, 11) is 1.82. The largest absolute Gasteiger partial charge is 0.342 e. The second-order valence-electron chi connectivity index (χ2n) is 4.23. The molecule has 3 nitrogen and oxygen atoms in total. The molecule has 1 amide bonds. The molecule has 0 aliphatic heterocycles. The number of pyridine rings is 1. The Hall–Kier alpha value is -1.09. The Labute approximate surface area is 108 Å². The highest BCUT2D eigenvalue weighted by atomic mass is 35.5. The maximum absolute atomic E-state index is 12.0. The number of carbonyl (C=O) groups is 1. The summed E-state index contributed by atoms with van der Waals surface area (Å²) in [6, 6.07) is 1.87. The number of unbranched alkanes of at least 4 members (excludes halogenated alkanes) is 2. The van der Waals surface area contributed by atoms with Gasteiger partial charge >= 0.3 is 0 Å². The average molecular weight is 255 g/mol. The van der Waals surface area contributed by atoms with Crippen molar-refractivity contribution in [3.63, 3.8) is 0 Å². The van der Waals surface area contributed by atoms with Crippen LogP contribution in [0.3, 0.4) is 0 Å². The third kappa shape index (κ3) is 4.73. The first-order valence-electron chi connectivity index (χ1n) is 5.88. The van der Waals surface area contributed by atoms with Crippen molar-refractivity contribution >= 4 is 17.5 Å². The molecule has 0 spiro atoms. The van der Waals surface area contributed by atoms with Gasteiger partial charge in [0.25, 0.3) is 5.91 Å². The quantitative estimate of drug-likeness (QED) is 0.578. The summed E-state index contributed by atoms with van der Waals surface area (Å²) in [5.41, 5.74) is 1.66. The van der Waals surface area contributed by atoms with E-state index in [1.54, 1.807) is 17.3 Å². The zero-order valence-corrected chi connectivity index (χ0v) is 11.2. The molecule has 0 aliphatic rings. The third-order valence-corrected chi connectivity index (χ3v) is 2.86. The Morgan fingerprint density at radius 2 is 2.12 bits per heavy atom. The zero-order chi connectivity index (χ0) is 12.7. The van der Waals surface area contributed by atoms with E-state index >= 15 is 0 Å². The number of hydrogen-bond acceptors (Lipinski definition) is 2. The molecule has 0 atom stereocenters. The fourth-order valence-electron chi connectivity index (χ4n) is 1.61. The van der Waals surface area contributed by atoms with Crippen LogP contribution in [-0.2, 0) is 0 Å². The lowest BCUT2D eigenvalue weighted by atomic mass is 10.2. The van der Waals surface area contributed by atoms with Gasteiger partial charge in [-0.15, -0.1) is 11.6 Å². The van der Waals surface area contributed by atoms with Gasteiger partial charge in [0.1, 0.15) is 0 Å². The van der Waals surface area contributed by atoms with Gasteiger partial charge in [0, 0.05) is 31.9 Å². The summed E-state index contributed by atoms with van der Waals surface area (Å²) >= 11 is 5.60. The van der Waals surface area contributed by atoms with Crippen molar-refractivity contribution in [1.82, 2.24) is 9.88 Å². The number of hydrogen-bond donors (Lipinski definition) is 0. The van der Waals surface area contributed by atoms with Crippen LogP contribution < -0.4 is 0 Å². The fraction of sp³-hybridized carbons (Fsp3) is 0.538. The number of halogens is 1. The maximum Gasteiger partial charge on any atom is 0.255 e. The first-order chi connectivity index (χ1) is 8.15. The normalized spacial score (nSPS) is 10.3. The van der Waals surface area contributed by atoms with Crippen LogP contribution in [0.5, 0.6) is 0 Å². The molecule has 1 aromatic heterocycles. The molecule has 0 radical (unpaired) electrons. The SMILES string of the molecule is Cc1cncc(C(=O)N(C)CCCCCCl)c1. The Kier molecular flexibility index (Phi) is 5.98. The Balaban J connectivity index is 2.46. The van der Waals surface area contributed by atoms with Gasteiger partial charge in [0.15, 0.2) is 0 Å². The van der Waals surface area contributed by atoms with Gasteiger partial charge in [-0.1, -0.05) is 6.42 Å². The van der Waals surface area contributed by atoms with Crippen LogP contribution in [0.25, 0.3) is 0 Å². The molecule has 1 rings (SSSR count). The molecular formula is C13H19ClN2O. The zero-order valence-electron chi connectivity index (χ0n) is 10.4. The second-order valence-corrected chi connectivity index (χ2v) is 4.61. The molecule has 1 aromatic rings. The van der Waals surface area contributed by atoms with E-state index in [4.69, 9.17) is 11.6 Å². The number of alkyl halides is 1. The minimum Gasteiger partial charge on any atom is -0.342 e. The smallest absolute Gasteiger partial charge is 0.255 e. The lowest BCUT2D eigenvalue weighted by Crippen LogP contribution is -2.27. The lowest BCUT2D eigenvalue weighted by Gasteiger charge is -2.17. The van der Waals surface area contributed by atoms with Crippen molar-refractivity contribution in [3.05, 3.63) is 29.6 Å². The topological polar surface area (TPSA) is 33.2 Å². The van der Waals surface area contributed by atoms with Gasteiger partial charge in [-0.2, -0.15) is 0 Å². The Morgan fingerprint density at radius 1 is 1.35 bits per heavy atom. The predicted octanol–water partition coefficient (Wildman–Crippen LogP) is 2.87. The molecule has 0 aliphatic carbocycles. The molecule has 17 heavy (non-hydrogen) atoms. The van der Waals surface area contributed by atoms with Gasteiger partial charge < -0.3 is 4.90 Å². The molecule has 0 saturated heterocycles. The number of rotatable bonds is 6. The van der Waals surface area contributed by atoms with Crippen LogP contribution in [0.15, 0.2) is 18.5 Å². The van der Waals surface area contributed by atoms with Crippen molar-refractivity contribution in [3.8, 4) is 0 Å². The lowest BCUT2D eigenvalue weighted by molar-refractivity contribution is 0.0792. The molecule has 0 bridgehead atoms. The predicted molar refractivity (Wildman–Crippen MR) is 70.5 cm³/mol. The number of aryl methyl sites for hydroxylation is 1. The van der Waals surface area contributed by atoms with E-state index in [0.29, 0.717) is 11.4 Å². The number of nitrogens with zero attached hydrogens (tertiary/aromatic N) is 2. The summed E-state index contributed by atoms with van der Waals surface area (Å²) < 4.78 is 0. The summed E-state index contributed by atoms with van der Waals surface area (Å²) in [5.74, 6) is 0.728. The van der Waals surface area contributed by atoms with E-state index in [2.05, 4.69) is 4.98 Å². The molecular weight excluding hydrogens is 236 g/mol.